The third-order valence-electron chi connectivity index (χ3n) is 2.54. The van der Waals surface area contributed by atoms with Crippen molar-refractivity contribution in [3.05, 3.63) is 51.1 Å². The number of aromatic nitrogens is 2. The van der Waals surface area contributed by atoms with Crippen LogP contribution in [0.3, 0.4) is 0 Å². The number of imidazole rings is 1. The molecule has 2 rings (SSSR count). The van der Waals surface area contributed by atoms with Crippen molar-refractivity contribution in [3.8, 4) is 0 Å². The Hall–Kier alpha value is -2.08. The van der Waals surface area contributed by atoms with Crippen molar-refractivity contribution >= 4 is 23.0 Å². The summed E-state index contributed by atoms with van der Waals surface area (Å²) in [5.41, 5.74) is 2.49. The van der Waals surface area contributed by atoms with Crippen molar-refractivity contribution in [1.29, 1.82) is 0 Å². The minimum Gasteiger partial charge on any atom is -0.379 e. The molecule has 1 aromatic heterocycles. The zero-order valence-corrected chi connectivity index (χ0v) is 10.4. The number of anilines is 1. The van der Waals surface area contributed by atoms with Crippen molar-refractivity contribution in [2.75, 3.05) is 5.32 Å². The zero-order valence-electron chi connectivity index (χ0n) is 9.61. The molecule has 0 fully saturated rings. The highest BCUT2D eigenvalue weighted by atomic mass is 35.5. The smallest absolute Gasteiger partial charge is 0.288 e. The van der Waals surface area contributed by atoms with E-state index in [0.29, 0.717) is 12.2 Å². The van der Waals surface area contributed by atoms with Gasteiger partial charge in [-0.3, -0.25) is 10.1 Å². The quantitative estimate of drug-likeness (QED) is 0.658. The average molecular weight is 267 g/mol. The van der Waals surface area contributed by atoms with Crippen LogP contribution in [0, 0.1) is 17.0 Å². The lowest BCUT2D eigenvalue weighted by molar-refractivity contribution is -0.384. The molecule has 0 bridgehead atoms. The number of hydrogen-bond donors (Lipinski definition) is 2. The third-order valence-corrected chi connectivity index (χ3v) is 2.84. The van der Waals surface area contributed by atoms with Crippen LogP contribution >= 0.6 is 11.6 Å². The summed E-state index contributed by atoms with van der Waals surface area (Å²) < 4.78 is 0. The van der Waals surface area contributed by atoms with Crippen LogP contribution in [-0.4, -0.2) is 14.9 Å². The van der Waals surface area contributed by atoms with Crippen LogP contribution in [0.25, 0.3) is 0 Å². The SMILES string of the molecule is Cc1[nH]cnc1CNc1ccc([N+](=O)[O-])c(Cl)c1. The Morgan fingerprint density at radius 1 is 1.56 bits per heavy atom. The van der Waals surface area contributed by atoms with Crippen LogP contribution in [0.4, 0.5) is 11.4 Å². The molecule has 0 amide bonds. The van der Waals surface area contributed by atoms with Gasteiger partial charge in [0.2, 0.25) is 0 Å². The predicted molar refractivity (Wildman–Crippen MR) is 68.8 cm³/mol. The summed E-state index contributed by atoms with van der Waals surface area (Å²) in [5, 5.41) is 13.8. The van der Waals surface area contributed by atoms with Crippen molar-refractivity contribution < 1.29 is 4.92 Å². The maximum Gasteiger partial charge on any atom is 0.288 e. The first kappa shape index (κ1) is 12.4. The average Bonchev–Trinajstić information content (AvgIpc) is 2.72. The summed E-state index contributed by atoms with van der Waals surface area (Å²) in [4.78, 5) is 17.2. The molecule has 0 aliphatic heterocycles. The Bertz CT molecular complexity index is 582. The van der Waals surface area contributed by atoms with Gasteiger partial charge < -0.3 is 10.3 Å². The second kappa shape index (κ2) is 5.05. The van der Waals surface area contributed by atoms with Gasteiger partial charge in [0.1, 0.15) is 5.02 Å². The molecule has 7 heteroatoms. The van der Waals surface area contributed by atoms with Gasteiger partial charge in [0.25, 0.3) is 5.69 Å². The molecule has 2 aromatic rings. The van der Waals surface area contributed by atoms with E-state index in [0.717, 1.165) is 11.4 Å². The van der Waals surface area contributed by atoms with Gasteiger partial charge in [-0.05, 0) is 19.1 Å². The number of nitro benzene ring substituents is 1. The number of aryl methyl sites for hydroxylation is 1. The molecular weight excluding hydrogens is 256 g/mol. The van der Waals surface area contributed by atoms with E-state index in [9.17, 15) is 10.1 Å². The van der Waals surface area contributed by atoms with Crippen LogP contribution in [-0.2, 0) is 6.54 Å². The van der Waals surface area contributed by atoms with E-state index >= 15 is 0 Å². The molecule has 1 heterocycles. The number of aromatic amines is 1. The molecule has 2 N–H and O–H groups in total. The first-order valence-corrected chi connectivity index (χ1v) is 5.62. The van der Waals surface area contributed by atoms with Gasteiger partial charge >= 0.3 is 0 Å². The highest BCUT2D eigenvalue weighted by molar-refractivity contribution is 6.32. The molecule has 0 radical (unpaired) electrons. The van der Waals surface area contributed by atoms with Gasteiger partial charge in [0.05, 0.1) is 23.5 Å². The van der Waals surface area contributed by atoms with Gasteiger partial charge in [0.15, 0.2) is 0 Å². The van der Waals surface area contributed by atoms with Gasteiger partial charge in [0, 0.05) is 17.4 Å². The summed E-state index contributed by atoms with van der Waals surface area (Å²) in [6.07, 6.45) is 1.62. The van der Waals surface area contributed by atoms with Crippen molar-refractivity contribution in [1.82, 2.24) is 9.97 Å². The molecule has 6 nitrogen and oxygen atoms in total. The summed E-state index contributed by atoms with van der Waals surface area (Å²) in [7, 11) is 0. The standard InChI is InChI=1S/C11H11ClN4O2/c1-7-10(15-6-14-7)5-13-8-2-3-11(16(17)18)9(12)4-8/h2-4,6,13H,5H2,1H3,(H,14,15). The maximum absolute atomic E-state index is 10.6. The van der Waals surface area contributed by atoms with Crippen molar-refractivity contribution in [3.63, 3.8) is 0 Å². The minimum atomic E-state index is -0.510. The number of hydrogen-bond acceptors (Lipinski definition) is 4. The third kappa shape index (κ3) is 2.60. The Kier molecular flexibility index (Phi) is 3.47. The van der Waals surface area contributed by atoms with E-state index in [1.54, 1.807) is 12.4 Å². The molecule has 1 aromatic carbocycles. The molecular formula is C11H11ClN4O2. The lowest BCUT2D eigenvalue weighted by Gasteiger charge is -2.05. The zero-order chi connectivity index (χ0) is 13.1. The second-order valence-electron chi connectivity index (χ2n) is 3.75. The van der Waals surface area contributed by atoms with E-state index in [1.165, 1.54) is 12.1 Å². The minimum absolute atomic E-state index is 0.0989. The molecule has 18 heavy (non-hydrogen) atoms. The fourth-order valence-electron chi connectivity index (χ4n) is 1.52. The Labute approximate surface area is 108 Å². The van der Waals surface area contributed by atoms with E-state index in [2.05, 4.69) is 15.3 Å². The van der Waals surface area contributed by atoms with E-state index in [1.807, 2.05) is 6.92 Å². The molecule has 0 unspecified atom stereocenters. The highest BCUT2D eigenvalue weighted by Crippen LogP contribution is 2.27. The fourth-order valence-corrected chi connectivity index (χ4v) is 1.77. The van der Waals surface area contributed by atoms with Gasteiger partial charge in [-0.25, -0.2) is 4.98 Å². The summed E-state index contributed by atoms with van der Waals surface area (Å²) in [6, 6.07) is 4.52. The first-order chi connectivity index (χ1) is 8.58. The Balaban J connectivity index is 2.09. The van der Waals surface area contributed by atoms with Gasteiger partial charge in [-0.1, -0.05) is 11.6 Å². The van der Waals surface area contributed by atoms with Crippen LogP contribution in [0.15, 0.2) is 24.5 Å². The molecule has 0 aliphatic carbocycles. The lowest BCUT2D eigenvalue weighted by Crippen LogP contribution is -2.01. The molecule has 0 aliphatic rings. The molecule has 0 atom stereocenters. The van der Waals surface area contributed by atoms with Crippen molar-refractivity contribution in [2.45, 2.75) is 13.5 Å². The first-order valence-electron chi connectivity index (χ1n) is 5.24. The number of nitro groups is 1. The summed E-state index contributed by atoms with van der Waals surface area (Å²) in [5.74, 6) is 0. The van der Waals surface area contributed by atoms with E-state index in [4.69, 9.17) is 11.6 Å². The lowest BCUT2D eigenvalue weighted by atomic mass is 10.2. The van der Waals surface area contributed by atoms with Crippen molar-refractivity contribution in [2.24, 2.45) is 0 Å². The Morgan fingerprint density at radius 2 is 2.33 bits per heavy atom. The second-order valence-corrected chi connectivity index (χ2v) is 4.16. The summed E-state index contributed by atoms with van der Waals surface area (Å²) >= 11 is 5.81. The monoisotopic (exact) mass is 266 g/mol. The van der Waals surface area contributed by atoms with Crippen LogP contribution in [0.2, 0.25) is 5.02 Å². The number of benzene rings is 1. The fraction of sp³-hybridized carbons (Fsp3) is 0.182. The number of halogens is 1. The topological polar surface area (TPSA) is 83.8 Å². The maximum atomic E-state index is 10.6. The van der Waals surface area contributed by atoms with Crippen LogP contribution < -0.4 is 5.32 Å². The number of nitrogens with zero attached hydrogens (tertiary/aromatic N) is 2. The number of H-pyrrole nitrogens is 1. The predicted octanol–water partition coefficient (Wildman–Crippen LogP) is 2.89. The van der Waals surface area contributed by atoms with Crippen LogP contribution in [0.1, 0.15) is 11.4 Å². The van der Waals surface area contributed by atoms with Gasteiger partial charge in [-0.15, -0.1) is 0 Å². The molecule has 0 saturated carbocycles. The van der Waals surface area contributed by atoms with Crippen LogP contribution in [0.5, 0.6) is 0 Å². The molecule has 0 saturated heterocycles. The number of rotatable bonds is 4. The highest BCUT2D eigenvalue weighted by Gasteiger charge is 2.12. The largest absolute Gasteiger partial charge is 0.379 e. The molecule has 94 valence electrons. The number of nitrogens with one attached hydrogen (secondary N) is 2. The van der Waals surface area contributed by atoms with E-state index in [-0.39, 0.29) is 10.7 Å². The summed E-state index contributed by atoms with van der Waals surface area (Å²) in [6.45, 7) is 2.45. The van der Waals surface area contributed by atoms with E-state index < -0.39 is 4.92 Å². The molecule has 0 spiro atoms. The Morgan fingerprint density at radius 3 is 2.89 bits per heavy atom. The normalized spacial score (nSPS) is 10.3. The van der Waals surface area contributed by atoms with Gasteiger partial charge in [-0.2, -0.15) is 0 Å².